The van der Waals surface area contributed by atoms with Crippen molar-refractivity contribution in [1.82, 2.24) is 5.32 Å². The van der Waals surface area contributed by atoms with Crippen molar-refractivity contribution < 1.29 is 14.3 Å². The van der Waals surface area contributed by atoms with Gasteiger partial charge in [-0.25, -0.2) is 4.79 Å². The first-order valence-electron chi connectivity index (χ1n) is 8.07. The van der Waals surface area contributed by atoms with E-state index >= 15 is 0 Å². The van der Waals surface area contributed by atoms with Crippen molar-refractivity contribution in [1.29, 1.82) is 0 Å². The fourth-order valence-corrected chi connectivity index (χ4v) is 2.36. The molecule has 1 N–H and O–H groups in total. The molecule has 0 spiro atoms. The SMILES string of the molecule is Cc1cccc(OC(=O)C(NC(=O)Cc2ccccc2)C(C)C)c1. The van der Waals surface area contributed by atoms with Crippen molar-refractivity contribution in [3.63, 3.8) is 0 Å². The number of aryl methyl sites for hydroxylation is 1. The lowest BCUT2D eigenvalue weighted by molar-refractivity contribution is -0.140. The van der Waals surface area contributed by atoms with Crippen LogP contribution >= 0.6 is 0 Å². The number of nitrogens with one attached hydrogen (secondary N) is 1. The number of benzene rings is 2. The third-order valence-electron chi connectivity index (χ3n) is 3.65. The topological polar surface area (TPSA) is 55.4 Å². The van der Waals surface area contributed by atoms with E-state index < -0.39 is 12.0 Å². The second-order valence-electron chi connectivity index (χ2n) is 6.19. The molecule has 0 saturated carbocycles. The molecule has 0 aliphatic heterocycles. The second kappa shape index (κ2) is 8.29. The predicted octanol–water partition coefficient (Wildman–Crippen LogP) is 3.28. The zero-order valence-corrected chi connectivity index (χ0v) is 14.3. The summed E-state index contributed by atoms with van der Waals surface area (Å²) in [6.07, 6.45) is 0.238. The molecule has 0 aromatic heterocycles. The molecule has 0 heterocycles. The molecule has 1 amide bonds. The predicted molar refractivity (Wildman–Crippen MR) is 93.7 cm³/mol. The zero-order valence-electron chi connectivity index (χ0n) is 14.3. The highest BCUT2D eigenvalue weighted by atomic mass is 16.5. The van der Waals surface area contributed by atoms with E-state index in [0.29, 0.717) is 5.75 Å². The van der Waals surface area contributed by atoms with Crippen molar-refractivity contribution in [2.45, 2.75) is 33.2 Å². The first-order chi connectivity index (χ1) is 11.5. The van der Waals surface area contributed by atoms with E-state index in [1.807, 2.05) is 63.2 Å². The average Bonchev–Trinajstić information content (AvgIpc) is 2.53. The quantitative estimate of drug-likeness (QED) is 0.655. The molecule has 1 atom stereocenters. The van der Waals surface area contributed by atoms with Crippen LogP contribution in [0.25, 0.3) is 0 Å². The van der Waals surface area contributed by atoms with Crippen LogP contribution in [0.1, 0.15) is 25.0 Å². The summed E-state index contributed by atoms with van der Waals surface area (Å²) >= 11 is 0. The summed E-state index contributed by atoms with van der Waals surface area (Å²) in [5.74, 6) is -0.219. The number of hydrogen-bond acceptors (Lipinski definition) is 3. The fourth-order valence-electron chi connectivity index (χ4n) is 2.36. The van der Waals surface area contributed by atoms with Gasteiger partial charge in [0.25, 0.3) is 0 Å². The van der Waals surface area contributed by atoms with Gasteiger partial charge in [0.05, 0.1) is 6.42 Å². The Bertz CT molecular complexity index is 695. The molecule has 2 aromatic carbocycles. The molecular weight excluding hydrogens is 302 g/mol. The van der Waals surface area contributed by atoms with Crippen LogP contribution in [-0.4, -0.2) is 17.9 Å². The van der Waals surface area contributed by atoms with Crippen molar-refractivity contribution in [2.24, 2.45) is 5.92 Å². The lowest BCUT2D eigenvalue weighted by atomic mass is 10.0. The Morgan fingerprint density at radius 2 is 1.75 bits per heavy atom. The summed E-state index contributed by atoms with van der Waals surface area (Å²) in [4.78, 5) is 24.6. The van der Waals surface area contributed by atoms with Crippen LogP contribution in [0.15, 0.2) is 54.6 Å². The summed E-state index contributed by atoms with van der Waals surface area (Å²) < 4.78 is 5.42. The maximum absolute atomic E-state index is 12.4. The summed E-state index contributed by atoms with van der Waals surface area (Å²) in [5.41, 5.74) is 1.92. The van der Waals surface area contributed by atoms with Gasteiger partial charge in [-0.05, 0) is 36.1 Å². The highest BCUT2D eigenvalue weighted by Crippen LogP contribution is 2.15. The second-order valence-corrected chi connectivity index (χ2v) is 6.19. The van der Waals surface area contributed by atoms with Crippen LogP contribution in [0.3, 0.4) is 0 Å². The fraction of sp³-hybridized carbons (Fsp3) is 0.300. The van der Waals surface area contributed by atoms with Gasteiger partial charge in [0, 0.05) is 0 Å². The van der Waals surface area contributed by atoms with Gasteiger partial charge in [-0.2, -0.15) is 0 Å². The van der Waals surface area contributed by atoms with Crippen LogP contribution in [-0.2, 0) is 16.0 Å². The Balaban J connectivity index is 2.00. The van der Waals surface area contributed by atoms with Gasteiger partial charge in [-0.3, -0.25) is 4.79 Å². The highest BCUT2D eigenvalue weighted by Gasteiger charge is 2.26. The van der Waals surface area contributed by atoms with Crippen molar-refractivity contribution in [3.05, 3.63) is 65.7 Å². The van der Waals surface area contributed by atoms with Crippen LogP contribution in [0.5, 0.6) is 5.75 Å². The van der Waals surface area contributed by atoms with E-state index in [-0.39, 0.29) is 18.2 Å². The van der Waals surface area contributed by atoms with E-state index in [1.165, 1.54) is 0 Å². The Hall–Kier alpha value is -2.62. The number of ether oxygens (including phenoxy) is 1. The lowest BCUT2D eigenvalue weighted by Crippen LogP contribution is -2.46. The van der Waals surface area contributed by atoms with Crippen LogP contribution in [0.2, 0.25) is 0 Å². The first-order valence-corrected chi connectivity index (χ1v) is 8.07. The molecule has 4 heteroatoms. The zero-order chi connectivity index (χ0) is 17.5. The summed E-state index contributed by atoms with van der Waals surface area (Å²) in [6.45, 7) is 5.69. The summed E-state index contributed by atoms with van der Waals surface area (Å²) in [7, 11) is 0. The molecule has 0 aliphatic rings. The van der Waals surface area contributed by atoms with Gasteiger partial charge < -0.3 is 10.1 Å². The molecule has 0 radical (unpaired) electrons. The van der Waals surface area contributed by atoms with Crippen LogP contribution < -0.4 is 10.1 Å². The normalized spacial score (nSPS) is 11.8. The molecule has 0 bridgehead atoms. The number of amides is 1. The third kappa shape index (κ3) is 5.23. The maximum Gasteiger partial charge on any atom is 0.334 e. The van der Waals surface area contributed by atoms with Crippen LogP contribution in [0, 0.1) is 12.8 Å². The van der Waals surface area contributed by atoms with Crippen molar-refractivity contribution in [3.8, 4) is 5.75 Å². The smallest absolute Gasteiger partial charge is 0.334 e. The Morgan fingerprint density at radius 3 is 2.38 bits per heavy atom. The summed E-state index contributed by atoms with van der Waals surface area (Å²) in [6, 6.07) is 16.0. The van der Waals surface area contributed by atoms with Gasteiger partial charge >= 0.3 is 5.97 Å². The van der Waals surface area contributed by atoms with Gasteiger partial charge in [0.2, 0.25) is 5.91 Å². The molecule has 24 heavy (non-hydrogen) atoms. The van der Waals surface area contributed by atoms with E-state index in [1.54, 1.807) is 12.1 Å². The average molecular weight is 325 g/mol. The van der Waals surface area contributed by atoms with Crippen molar-refractivity contribution in [2.75, 3.05) is 0 Å². The minimum atomic E-state index is -0.679. The number of rotatable bonds is 6. The van der Waals surface area contributed by atoms with E-state index in [4.69, 9.17) is 4.74 Å². The van der Waals surface area contributed by atoms with Gasteiger partial charge in [-0.1, -0.05) is 56.3 Å². The minimum Gasteiger partial charge on any atom is -0.425 e. The van der Waals surface area contributed by atoms with Gasteiger partial charge in [0.15, 0.2) is 0 Å². The Labute approximate surface area is 142 Å². The van der Waals surface area contributed by atoms with E-state index in [0.717, 1.165) is 11.1 Å². The molecule has 1 unspecified atom stereocenters. The minimum absolute atomic E-state index is 0.0676. The first kappa shape index (κ1) is 17.7. The standard InChI is InChI=1S/C20H23NO3/c1-14(2)19(20(23)24-17-11-7-8-15(3)12-17)21-18(22)13-16-9-5-4-6-10-16/h4-12,14,19H,13H2,1-3H3,(H,21,22). The highest BCUT2D eigenvalue weighted by molar-refractivity contribution is 5.86. The molecule has 2 rings (SSSR count). The molecule has 2 aromatic rings. The van der Waals surface area contributed by atoms with E-state index in [9.17, 15) is 9.59 Å². The largest absolute Gasteiger partial charge is 0.425 e. The molecule has 0 fully saturated rings. The van der Waals surface area contributed by atoms with Gasteiger partial charge in [-0.15, -0.1) is 0 Å². The van der Waals surface area contributed by atoms with Crippen LogP contribution in [0.4, 0.5) is 0 Å². The lowest BCUT2D eigenvalue weighted by Gasteiger charge is -2.21. The molecule has 126 valence electrons. The number of carbonyl (C=O) groups is 2. The number of hydrogen-bond donors (Lipinski definition) is 1. The molecular formula is C20H23NO3. The Morgan fingerprint density at radius 1 is 1.04 bits per heavy atom. The number of carbonyl (C=O) groups excluding carboxylic acids is 2. The van der Waals surface area contributed by atoms with Crippen molar-refractivity contribution >= 4 is 11.9 Å². The molecule has 0 aliphatic carbocycles. The summed E-state index contributed by atoms with van der Waals surface area (Å²) in [5, 5.41) is 2.79. The third-order valence-corrected chi connectivity index (χ3v) is 3.65. The Kier molecular flexibility index (Phi) is 6.13. The van der Waals surface area contributed by atoms with E-state index in [2.05, 4.69) is 5.32 Å². The molecule has 0 saturated heterocycles. The number of esters is 1. The van der Waals surface area contributed by atoms with Gasteiger partial charge in [0.1, 0.15) is 11.8 Å². The monoisotopic (exact) mass is 325 g/mol. The molecule has 4 nitrogen and oxygen atoms in total. The maximum atomic E-state index is 12.4.